The lowest BCUT2D eigenvalue weighted by molar-refractivity contribution is 0.318. The molecule has 84 valence electrons. The summed E-state index contributed by atoms with van der Waals surface area (Å²) in [5.41, 5.74) is 7.05. The maximum atomic E-state index is 12.9. The van der Waals surface area contributed by atoms with E-state index in [1.807, 2.05) is 0 Å². The minimum atomic E-state index is -0.384. The predicted molar refractivity (Wildman–Crippen MR) is 62.5 cm³/mol. The van der Waals surface area contributed by atoms with Crippen LogP contribution in [0.1, 0.15) is 26.3 Å². The van der Waals surface area contributed by atoms with Crippen LogP contribution in [0.15, 0.2) is 18.2 Å². The molecule has 1 unspecified atom stereocenters. The molecular weight excluding hydrogens is 213 g/mol. The van der Waals surface area contributed by atoms with Crippen LogP contribution in [0.2, 0.25) is 5.02 Å². The second-order valence-electron chi connectivity index (χ2n) is 4.93. The highest BCUT2D eigenvalue weighted by atomic mass is 35.5. The Bertz CT molecular complexity index is 344. The zero-order valence-electron chi connectivity index (χ0n) is 9.35. The Morgan fingerprint density at radius 3 is 2.47 bits per heavy atom. The van der Waals surface area contributed by atoms with Crippen molar-refractivity contribution in [2.24, 2.45) is 11.1 Å². The van der Waals surface area contributed by atoms with Gasteiger partial charge >= 0.3 is 0 Å². The Kier molecular flexibility index (Phi) is 3.74. The predicted octanol–water partition coefficient (Wildman–Crippen LogP) is 3.40. The quantitative estimate of drug-likeness (QED) is 0.827. The van der Waals surface area contributed by atoms with Crippen LogP contribution in [-0.2, 0) is 6.42 Å². The highest BCUT2D eigenvalue weighted by molar-refractivity contribution is 6.30. The molecule has 0 fully saturated rings. The van der Waals surface area contributed by atoms with Crippen LogP contribution in [0.3, 0.4) is 0 Å². The van der Waals surface area contributed by atoms with Crippen LogP contribution >= 0.6 is 11.6 Å². The maximum Gasteiger partial charge on any atom is 0.141 e. The third-order valence-corrected chi connectivity index (χ3v) is 2.84. The maximum absolute atomic E-state index is 12.9. The molecule has 1 rings (SSSR count). The zero-order chi connectivity index (χ0) is 11.6. The van der Waals surface area contributed by atoms with E-state index >= 15 is 0 Å². The third-order valence-electron chi connectivity index (χ3n) is 2.55. The van der Waals surface area contributed by atoms with Crippen molar-refractivity contribution < 1.29 is 4.39 Å². The molecule has 0 spiro atoms. The topological polar surface area (TPSA) is 26.0 Å². The number of benzene rings is 1. The Balaban J connectivity index is 2.78. The van der Waals surface area contributed by atoms with Gasteiger partial charge in [-0.1, -0.05) is 38.4 Å². The summed E-state index contributed by atoms with van der Waals surface area (Å²) in [5, 5.41) is 0.161. The molecule has 0 aliphatic rings. The standard InChI is InChI=1S/C12H17ClFN/c1-12(2,3)11(15)7-8-4-5-10(14)9(13)6-8/h4-6,11H,7,15H2,1-3H3. The average Bonchev–Trinajstić information content (AvgIpc) is 2.10. The van der Waals surface area contributed by atoms with Crippen molar-refractivity contribution in [2.75, 3.05) is 0 Å². The van der Waals surface area contributed by atoms with Crippen LogP contribution in [-0.4, -0.2) is 6.04 Å². The monoisotopic (exact) mass is 229 g/mol. The molecule has 1 nitrogen and oxygen atoms in total. The highest BCUT2D eigenvalue weighted by Crippen LogP contribution is 2.23. The van der Waals surface area contributed by atoms with Crippen molar-refractivity contribution in [1.82, 2.24) is 0 Å². The minimum absolute atomic E-state index is 0.0408. The van der Waals surface area contributed by atoms with Crippen LogP contribution in [0.4, 0.5) is 4.39 Å². The van der Waals surface area contributed by atoms with Gasteiger partial charge in [0.25, 0.3) is 0 Å². The summed E-state index contributed by atoms with van der Waals surface area (Å²) in [7, 11) is 0. The summed E-state index contributed by atoms with van der Waals surface area (Å²) in [6.45, 7) is 6.26. The van der Waals surface area contributed by atoms with E-state index in [1.54, 1.807) is 12.1 Å². The van der Waals surface area contributed by atoms with E-state index in [1.165, 1.54) is 6.07 Å². The molecule has 0 saturated carbocycles. The summed E-state index contributed by atoms with van der Waals surface area (Å²) < 4.78 is 12.9. The summed E-state index contributed by atoms with van der Waals surface area (Å²) in [6.07, 6.45) is 0.712. The van der Waals surface area contributed by atoms with E-state index in [-0.39, 0.29) is 22.3 Å². The van der Waals surface area contributed by atoms with Crippen molar-refractivity contribution in [2.45, 2.75) is 33.2 Å². The minimum Gasteiger partial charge on any atom is -0.327 e. The van der Waals surface area contributed by atoms with Gasteiger partial charge in [0.1, 0.15) is 5.82 Å². The lowest BCUT2D eigenvalue weighted by Gasteiger charge is -2.27. The number of halogens is 2. The third kappa shape index (κ3) is 3.47. The van der Waals surface area contributed by atoms with Gasteiger partial charge in [0.15, 0.2) is 0 Å². The second kappa shape index (κ2) is 4.50. The Morgan fingerprint density at radius 2 is 2.00 bits per heavy atom. The van der Waals surface area contributed by atoms with E-state index in [2.05, 4.69) is 20.8 Å². The van der Waals surface area contributed by atoms with Gasteiger partial charge in [-0.25, -0.2) is 4.39 Å². The van der Waals surface area contributed by atoms with Crippen LogP contribution < -0.4 is 5.73 Å². The fraction of sp³-hybridized carbons (Fsp3) is 0.500. The highest BCUT2D eigenvalue weighted by Gasteiger charge is 2.20. The van der Waals surface area contributed by atoms with Crippen molar-refractivity contribution in [3.8, 4) is 0 Å². The Labute approximate surface area is 95.4 Å². The van der Waals surface area contributed by atoms with E-state index in [9.17, 15) is 4.39 Å². The Morgan fingerprint density at radius 1 is 1.40 bits per heavy atom. The van der Waals surface area contributed by atoms with Gasteiger partial charge in [-0.05, 0) is 29.5 Å². The van der Waals surface area contributed by atoms with Crippen molar-refractivity contribution in [1.29, 1.82) is 0 Å². The fourth-order valence-corrected chi connectivity index (χ4v) is 1.43. The molecule has 0 saturated heterocycles. The van der Waals surface area contributed by atoms with E-state index in [0.29, 0.717) is 6.42 Å². The van der Waals surface area contributed by atoms with E-state index in [4.69, 9.17) is 17.3 Å². The molecule has 1 aromatic rings. The fourth-order valence-electron chi connectivity index (χ4n) is 1.23. The number of rotatable bonds is 2. The van der Waals surface area contributed by atoms with E-state index < -0.39 is 0 Å². The summed E-state index contributed by atoms with van der Waals surface area (Å²) in [4.78, 5) is 0. The molecule has 0 heterocycles. The Hall–Kier alpha value is -0.600. The molecule has 15 heavy (non-hydrogen) atoms. The molecular formula is C12H17ClFN. The van der Waals surface area contributed by atoms with Crippen molar-refractivity contribution in [3.63, 3.8) is 0 Å². The van der Waals surface area contributed by atoms with Crippen LogP contribution in [0, 0.1) is 11.2 Å². The molecule has 1 atom stereocenters. The molecule has 0 aromatic heterocycles. The lowest BCUT2D eigenvalue weighted by atomic mass is 9.84. The molecule has 0 radical (unpaired) electrons. The van der Waals surface area contributed by atoms with Gasteiger partial charge in [0.2, 0.25) is 0 Å². The van der Waals surface area contributed by atoms with Crippen molar-refractivity contribution in [3.05, 3.63) is 34.6 Å². The molecule has 0 aliphatic heterocycles. The smallest absolute Gasteiger partial charge is 0.141 e. The molecule has 0 bridgehead atoms. The first-order valence-electron chi connectivity index (χ1n) is 5.00. The van der Waals surface area contributed by atoms with Gasteiger partial charge in [-0.3, -0.25) is 0 Å². The molecule has 2 N–H and O–H groups in total. The summed E-state index contributed by atoms with van der Waals surface area (Å²) in [6, 6.07) is 4.79. The second-order valence-corrected chi connectivity index (χ2v) is 5.33. The van der Waals surface area contributed by atoms with Gasteiger partial charge in [0, 0.05) is 6.04 Å². The average molecular weight is 230 g/mol. The molecule has 0 aliphatic carbocycles. The van der Waals surface area contributed by atoms with Crippen LogP contribution in [0.25, 0.3) is 0 Å². The van der Waals surface area contributed by atoms with Gasteiger partial charge in [-0.2, -0.15) is 0 Å². The normalized spacial score (nSPS) is 14.0. The molecule has 1 aromatic carbocycles. The summed E-state index contributed by atoms with van der Waals surface area (Å²) >= 11 is 5.70. The zero-order valence-corrected chi connectivity index (χ0v) is 10.1. The summed E-state index contributed by atoms with van der Waals surface area (Å²) in [5.74, 6) is -0.384. The first kappa shape index (κ1) is 12.5. The number of hydrogen-bond acceptors (Lipinski definition) is 1. The largest absolute Gasteiger partial charge is 0.327 e. The first-order chi connectivity index (χ1) is 6.80. The SMILES string of the molecule is CC(C)(C)C(N)Cc1ccc(F)c(Cl)c1. The van der Waals surface area contributed by atoms with Crippen LogP contribution in [0.5, 0.6) is 0 Å². The molecule has 0 amide bonds. The first-order valence-corrected chi connectivity index (χ1v) is 5.38. The lowest BCUT2D eigenvalue weighted by Crippen LogP contribution is -2.36. The van der Waals surface area contributed by atoms with Gasteiger partial charge in [-0.15, -0.1) is 0 Å². The van der Waals surface area contributed by atoms with Gasteiger partial charge in [0.05, 0.1) is 5.02 Å². The van der Waals surface area contributed by atoms with E-state index in [0.717, 1.165) is 5.56 Å². The van der Waals surface area contributed by atoms with Gasteiger partial charge < -0.3 is 5.73 Å². The number of nitrogens with two attached hydrogens (primary N) is 1. The molecule has 3 heteroatoms. The number of hydrogen-bond donors (Lipinski definition) is 1. The van der Waals surface area contributed by atoms with Crippen molar-refractivity contribution >= 4 is 11.6 Å².